The quantitative estimate of drug-likeness (QED) is 0.809. The fraction of sp³-hybridized carbons (Fsp3) is 0.684. The summed E-state index contributed by atoms with van der Waals surface area (Å²) in [7, 11) is 0. The van der Waals surface area contributed by atoms with Gasteiger partial charge in [-0.25, -0.2) is 4.98 Å². The van der Waals surface area contributed by atoms with Gasteiger partial charge in [-0.2, -0.15) is 13.2 Å². The van der Waals surface area contributed by atoms with Gasteiger partial charge in [0, 0.05) is 32.4 Å². The molecule has 0 N–H and O–H groups in total. The Morgan fingerprint density at radius 3 is 2.31 bits per heavy atom. The van der Waals surface area contributed by atoms with Crippen LogP contribution in [0.15, 0.2) is 18.3 Å². The number of pyridine rings is 1. The molecule has 3 rings (SSSR count). The van der Waals surface area contributed by atoms with E-state index in [0.717, 1.165) is 37.8 Å². The molecule has 1 aliphatic carbocycles. The minimum absolute atomic E-state index is 0.224. The average Bonchev–Trinajstić information content (AvgIpc) is 3.12. The van der Waals surface area contributed by atoms with Crippen molar-refractivity contribution in [3.63, 3.8) is 0 Å². The number of anilines is 1. The molecule has 2 fully saturated rings. The molecule has 1 aromatic heterocycles. The van der Waals surface area contributed by atoms with E-state index in [4.69, 9.17) is 0 Å². The van der Waals surface area contributed by atoms with Crippen molar-refractivity contribution in [2.45, 2.75) is 45.7 Å². The highest BCUT2D eigenvalue weighted by atomic mass is 19.4. The zero-order valence-electron chi connectivity index (χ0n) is 15.4. The minimum atomic E-state index is -4.37. The van der Waals surface area contributed by atoms with Gasteiger partial charge in [0.15, 0.2) is 0 Å². The average molecular weight is 369 g/mol. The van der Waals surface area contributed by atoms with E-state index in [0.29, 0.717) is 37.9 Å². The van der Waals surface area contributed by atoms with Gasteiger partial charge in [0.2, 0.25) is 5.91 Å². The zero-order chi connectivity index (χ0) is 18.9. The van der Waals surface area contributed by atoms with Crippen LogP contribution in [0, 0.1) is 11.3 Å². The van der Waals surface area contributed by atoms with E-state index in [1.165, 1.54) is 6.20 Å². The third-order valence-electron chi connectivity index (χ3n) is 5.99. The van der Waals surface area contributed by atoms with E-state index in [9.17, 15) is 18.0 Å². The summed E-state index contributed by atoms with van der Waals surface area (Å²) in [5.41, 5.74) is -0.942. The number of hydrogen-bond acceptors (Lipinski definition) is 3. The lowest BCUT2D eigenvalue weighted by atomic mass is 9.74. The summed E-state index contributed by atoms with van der Waals surface area (Å²) in [6, 6.07) is 2.07. The molecule has 26 heavy (non-hydrogen) atoms. The maximum Gasteiger partial charge on any atom is 0.416 e. The van der Waals surface area contributed by atoms with Crippen molar-refractivity contribution < 1.29 is 18.0 Å². The van der Waals surface area contributed by atoms with Crippen molar-refractivity contribution in [1.29, 1.82) is 0 Å². The van der Waals surface area contributed by atoms with Crippen molar-refractivity contribution in [1.82, 2.24) is 9.88 Å². The van der Waals surface area contributed by atoms with Crippen molar-refractivity contribution in [2.24, 2.45) is 11.3 Å². The molecule has 144 valence electrons. The van der Waals surface area contributed by atoms with Crippen LogP contribution in [-0.2, 0) is 11.0 Å². The lowest BCUT2D eigenvalue weighted by molar-refractivity contribution is -0.145. The highest BCUT2D eigenvalue weighted by Gasteiger charge is 2.46. The molecule has 1 saturated heterocycles. The maximum atomic E-state index is 13.1. The monoisotopic (exact) mass is 369 g/mol. The fourth-order valence-corrected chi connectivity index (χ4v) is 4.27. The molecule has 0 atom stereocenters. The number of carbonyl (C=O) groups excluding carboxylic acids is 1. The number of alkyl halides is 3. The fourth-order valence-electron chi connectivity index (χ4n) is 4.27. The highest BCUT2D eigenvalue weighted by molar-refractivity contribution is 5.83. The standard InChI is InChI=1S/C19H26F3N3O/c1-14(2)18(6-3-4-7-18)17(26)25-11-9-24(10-12-25)16-13-15(5-8-23-16)19(20,21)22/h5,8,13-14H,3-4,6-7,9-12H2,1-2H3. The molecule has 1 aromatic rings. The van der Waals surface area contributed by atoms with Gasteiger partial charge in [-0.1, -0.05) is 26.7 Å². The van der Waals surface area contributed by atoms with Gasteiger partial charge in [0.05, 0.1) is 11.0 Å². The summed E-state index contributed by atoms with van der Waals surface area (Å²) in [6.45, 7) is 6.32. The lowest BCUT2D eigenvalue weighted by Crippen LogP contribution is -2.54. The third kappa shape index (κ3) is 3.53. The maximum absolute atomic E-state index is 13.1. The van der Waals surface area contributed by atoms with E-state index in [-0.39, 0.29) is 11.3 Å². The Balaban J connectivity index is 1.67. The number of piperazine rings is 1. The summed E-state index contributed by atoms with van der Waals surface area (Å²) in [5, 5.41) is 0. The number of carbonyl (C=O) groups is 1. The van der Waals surface area contributed by atoms with Crippen LogP contribution < -0.4 is 4.90 Å². The van der Waals surface area contributed by atoms with Gasteiger partial charge in [0.25, 0.3) is 0 Å². The van der Waals surface area contributed by atoms with Crippen molar-refractivity contribution in [3.05, 3.63) is 23.9 Å². The molecule has 0 radical (unpaired) electrons. The molecular formula is C19H26F3N3O. The van der Waals surface area contributed by atoms with Gasteiger partial charge in [-0.3, -0.25) is 4.79 Å². The molecule has 2 heterocycles. The molecule has 0 spiro atoms. The summed E-state index contributed by atoms with van der Waals surface area (Å²) in [6.07, 6.45) is 0.900. The van der Waals surface area contributed by atoms with Crippen molar-refractivity contribution in [3.8, 4) is 0 Å². The topological polar surface area (TPSA) is 36.4 Å². The number of hydrogen-bond donors (Lipinski definition) is 0. The first kappa shape index (κ1) is 19.0. The Labute approximate surface area is 152 Å². The molecule has 1 aliphatic heterocycles. The van der Waals surface area contributed by atoms with Crippen LogP contribution in [0.2, 0.25) is 0 Å². The van der Waals surface area contributed by atoms with Gasteiger partial charge < -0.3 is 9.80 Å². The predicted octanol–water partition coefficient (Wildman–Crippen LogP) is 3.97. The predicted molar refractivity (Wildman–Crippen MR) is 93.8 cm³/mol. The Bertz CT molecular complexity index is 646. The molecule has 1 saturated carbocycles. The molecule has 0 bridgehead atoms. The molecule has 4 nitrogen and oxygen atoms in total. The first-order valence-corrected chi connectivity index (χ1v) is 9.31. The molecule has 0 unspecified atom stereocenters. The molecule has 2 aliphatic rings. The molecule has 1 amide bonds. The second-order valence-corrected chi connectivity index (χ2v) is 7.70. The van der Waals surface area contributed by atoms with E-state index in [1.54, 1.807) is 0 Å². The number of amides is 1. The van der Waals surface area contributed by atoms with Crippen LogP contribution in [0.1, 0.15) is 45.1 Å². The normalized spacial score (nSPS) is 20.7. The van der Waals surface area contributed by atoms with Gasteiger partial charge in [0.1, 0.15) is 5.82 Å². The second-order valence-electron chi connectivity index (χ2n) is 7.70. The van der Waals surface area contributed by atoms with Gasteiger partial charge >= 0.3 is 6.18 Å². The van der Waals surface area contributed by atoms with Gasteiger partial charge in [-0.05, 0) is 30.9 Å². The zero-order valence-corrected chi connectivity index (χ0v) is 15.4. The molecule has 7 heteroatoms. The molecular weight excluding hydrogens is 343 g/mol. The van der Waals surface area contributed by atoms with E-state index in [1.807, 2.05) is 9.80 Å². The van der Waals surface area contributed by atoms with E-state index in [2.05, 4.69) is 18.8 Å². The third-order valence-corrected chi connectivity index (χ3v) is 5.99. The number of nitrogens with zero attached hydrogens (tertiary/aromatic N) is 3. The van der Waals surface area contributed by atoms with Crippen molar-refractivity contribution in [2.75, 3.05) is 31.1 Å². The van der Waals surface area contributed by atoms with E-state index < -0.39 is 11.7 Å². The summed E-state index contributed by atoms with van der Waals surface area (Å²) in [5.74, 6) is 0.855. The smallest absolute Gasteiger partial charge is 0.353 e. The first-order valence-electron chi connectivity index (χ1n) is 9.31. The van der Waals surface area contributed by atoms with Crippen LogP contribution in [0.25, 0.3) is 0 Å². The lowest BCUT2D eigenvalue weighted by Gasteiger charge is -2.41. The van der Waals surface area contributed by atoms with E-state index >= 15 is 0 Å². The van der Waals surface area contributed by atoms with Crippen LogP contribution >= 0.6 is 0 Å². The van der Waals surface area contributed by atoms with Crippen LogP contribution in [0.5, 0.6) is 0 Å². The van der Waals surface area contributed by atoms with Crippen LogP contribution in [-0.4, -0.2) is 42.0 Å². The summed E-state index contributed by atoms with van der Waals surface area (Å²) < 4.78 is 38.7. The highest BCUT2D eigenvalue weighted by Crippen LogP contribution is 2.45. The SMILES string of the molecule is CC(C)C1(C(=O)N2CCN(c3cc(C(F)(F)F)ccn3)CC2)CCCC1. The van der Waals surface area contributed by atoms with Crippen molar-refractivity contribution >= 4 is 11.7 Å². The number of rotatable bonds is 3. The van der Waals surface area contributed by atoms with Crippen LogP contribution in [0.4, 0.5) is 19.0 Å². The van der Waals surface area contributed by atoms with Crippen LogP contribution in [0.3, 0.4) is 0 Å². The van der Waals surface area contributed by atoms with Gasteiger partial charge in [-0.15, -0.1) is 0 Å². The molecule has 0 aromatic carbocycles. The Hall–Kier alpha value is -1.79. The Morgan fingerprint density at radius 2 is 1.77 bits per heavy atom. The summed E-state index contributed by atoms with van der Waals surface area (Å²) in [4.78, 5) is 21.0. The number of halogens is 3. The Morgan fingerprint density at radius 1 is 1.15 bits per heavy atom. The summed E-state index contributed by atoms with van der Waals surface area (Å²) >= 11 is 0. The Kier molecular flexibility index (Phi) is 5.17. The second kappa shape index (κ2) is 7.08. The number of aromatic nitrogens is 1. The minimum Gasteiger partial charge on any atom is -0.353 e. The first-order chi connectivity index (χ1) is 12.2. The largest absolute Gasteiger partial charge is 0.416 e.